The van der Waals surface area contributed by atoms with E-state index in [1.165, 1.54) is 55.4 Å². The fourth-order valence-corrected chi connectivity index (χ4v) is 5.27. The zero-order chi connectivity index (χ0) is 26.9. The highest BCUT2D eigenvalue weighted by Gasteiger charge is 2.37. The third-order valence-corrected chi connectivity index (χ3v) is 7.11. The van der Waals surface area contributed by atoms with Crippen LogP contribution in [-0.4, -0.2) is 55.7 Å². The molecule has 3 aromatic rings. The van der Waals surface area contributed by atoms with Crippen LogP contribution in [0.5, 0.6) is 0 Å². The van der Waals surface area contributed by atoms with Gasteiger partial charge in [0.15, 0.2) is 0 Å². The van der Waals surface area contributed by atoms with Crippen LogP contribution in [0, 0.1) is 0 Å². The van der Waals surface area contributed by atoms with Gasteiger partial charge in [0.2, 0.25) is 5.95 Å². The molecule has 1 unspecified atom stereocenters. The first kappa shape index (κ1) is 26.1. The first-order chi connectivity index (χ1) is 18.2. The topological polar surface area (TPSA) is 88.0 Å². The van der Waals surface area contributed by atoms with Gasteiger partial charge in [0.05, 0.1) is 5.69 Å². The SMILES string of the molecule is CC(C)NC(=O)c1cc(-n2nc(C(F)(F)F)nc2Nc2ccc3c(c2)CCC(N2CCCC2)CC3)ccn1. The average Bonchev–Trinajstić information content (AvgIpc) is 3.51. The van der Waals surface area contributed by atoms with Crippen molar-refractivity contribution in [1.29, 1.82) is 0 Å². The van der Waals surface area contributed by atoms with Gasteiger partial charge in [-0.2, -0.15) is 22.8 Å². The Balaban J connectivity index is 1.42. The van der Waals surface area contributed by atoms with Crippen molar-refractivity contribution >= 4 is 17.5 Å². The second-order valence-electron chi connectivity index (χ2n) is 10.3. The molecule has 2 N–H and O–H groups in total. The molecule has 0 spiro atoms. The third-order valence-electron chi connectivity index (χ3n) is 7.11. The van der Waals surface area contributed by atoms with Gasteiger partial charge in [-0.25, -0.2) is 0 Å². The van der Waals surface area contributed by atoms with Gasteiger partial charge >= 0.3 is 6.18 Å². The van der Waals surface area contributed by atoms with Crippen molar-refractivity contribution < 1.29 is 18.0 Å². The number of rotatable bonds is 6. The van der Waals surface area contributed by atoms with E-state index in [1.54, 1.807) is 0 Å². The van der Waals surface area contributed by atoms with E-state index < -0.39 is 17.9 Å². The summed E-state index contributed by atoms with van der Waals surface area (Å²) in [7, 11) is 0. The fraction of sp³-hybridized carbons (Fsp3) is 0.481. The molecule has 1 aliphatic carbocycles. The molecule has 5 rings (SSSR count). The molecule has 1 amide bonds. The van der Waals surface area contributed by atoms with Gasteiger partial charge < -0.3 is 15.5 Å². The largest absolute Gasteiger partial charge is 0.453 e. The van der Waals surface area contributed by atoms with Crippen molar-refractivity contribution in [2.75, 3.05) is 18.4 Å². The van der Waals surface area contributed by atoms with Crippen molar-refractivity contribution in [3.05, 3.63) is 59.2 Å². The van der Waals surface area contributed by atoms with E-state index in [9.17, 15) is 18.0 Å². The summed E-state index contributed by atoms with van der Waals surface area (Å²) in [5.74, 6) is -1.79. The van der Waals surface area contributed by atoms with Crippen molar-refractivity contribution in [3.63, 3.8) is 0 Å². The summed E-state index contributed by atoms with van der Waals surface area (Å²) in [5, 5.41) is 9.49. The zero-order valence-electron chi connectivity index (χ0n) is 21.6. The molecule has 1 aliphatic heterocycles. The minimum absolute atomic E-state index is 0.0730. The molecule has 2 aromatic heterocycles. The van der Waals surface area contributed by atoms with E-state index in [0.717, 1.165) is 30.4 Å². The summed E-state index contributed by atoms with van der Waals surface area (Å²) in [6.45, 7) is 5.95. The summed E-state index contributed by atoms with van der Waals surface area (Å²) < 4.78 is 41.8. The lowest BCUT2D eigenvalue weighted by molar-refractivity contribution is -0.144. The molecule has 1 aromatic carbocycles. The lowest BCUT2D eigenvalue weighted by Crippen LogP contribution is -2.32. The monoisotopic (exact) mass is 527 g/mol. The smallest absolute Gasteiger partial charge is 0.349 e. The Labute approximate surface area is 219 Å². The van der Waals surface area contributed by atoms with Gasteiger partial charge in [0, 0.05) is 24.0 Å². The number of carbonyl (C=O) groups is 1. The maximum atomic E-state index is 13.6. The number of carbonyl (C=O) groups excluding carboxylic acids is 1. The highest BCUT2D eigenvalue weighted by Crippen LogP contribution is 2.31. The molecule has 1 fully saturated rings. The summed E-state index contributed by atoms with van der Waals surface area (Å²) in [5.41, 5.74) is 3.43. The highest BCUT2D eigenvalue weighted by molar-refractivity contribution is 5.92. The van der Waals surface area contributed by atoms with Crippen LogP contribution in [0.3, 0.4) is 0 Å². The molecule has 1 atom stereocenters. The summed E-state index contributed by atoms with van der Waals surface area (Å²) in [4.78, 5) is 22.8. The number of amides is 1. The molecular formula is C27H32F3N7O. The number of likely N-dealkylation sites (tertiary alicyclic amines) is 1. The molecule has 11 heteroatoms. The second kappa shape index (κ2) is 10.7. The molecular weight excluding hydrogens is 495 g/mol. The van der Waals surface area contributed by atoms with E-state index >= 15 is 0 Å². The quantitative estimate of drug-likeness (QED) is 0.443. The number of aromatic nitrogens is 4. The molecule has 0 saturated carbocycles. The Bertz CT molecular complexity index is 1300. The van der Waals surface area contributed by atoms with E-state index in [4.69, 9.17) is 0 Å². The number of aryl methyl sites for hydroxylation is 2. The van der Waals surface area contributed by atoms with Crippen LogP contribution >= 0.6 is 0 Å². The van der Waals surface area contributed by atoms with Crippen LogP contribution < -0.4 is 10.6 Å². The van der Waals surface area contributed by atoms with Crippen LogP contribution in [0.15, 0.2) is 36.5 Å². The normalized spacial score (nSPS) is 18.3. The molecule has 202 valence electrons. The molecule has 0 radical (unpaired) electrons. The van der Waals surface area contributed by atoms with Crippen LogP contribution in [0.25, 0.3) is 5.69 Å². The predicted octanol–water partition coefficient (Wildman–Crippen LogP) is 4.91. The maximum Gasteiger partial charge on any atom is 0.453 e. The van der Waals surface area contributed by atoms with E-state index in [-0.39, 0.29) is 23.4 Å². The number of hydrogen-bond acceptors (Lipinski definition) is 6. The minimum atomic E-state index is -4.73. The lowest BCUT2D eigenvalue weighted by Gasteiger charge is -2.25. The highest BCUT2D eigenvalue weighted by atomic mass is 19.4. The summed E-state index contributed by atoms with van der Waals surface area (Å²) in [6.07, 6.45) is 3.27. The molecule has 3 heterocycles. The summed E-state index contributed by atoms with van der Waals surface area (Å²) >= 11 is 0. The van der Waals surface area contributed by atoms with Crippen LogP contribution in [0.1, 0.15) is 67.0 Å². The molecule has 0 bridgehead atoms. The van der Waals surface area contributed by atoms with Crippen molar-refractivity contribution in [1.82, 2.24) is 30.0 Å². The van der Waals surface area contributed by atoms with Crippen LogP contribution in [-0.2, 0) is 19.0 Å². The number of benzene rings is 1. The van der Waals surface area contributed by atoms with Gasteiger partial charge in [-0.1, -0.05) is 6.07 Å². The second-order valence-corrected chi connectivity index (χ2v) is 10.3. The van der Waals surface area contributed by atoms with Crippen LogP contribution in [0.2, 0.25) is 0 Å². The van der Waals surface area contributed by atoms with Gasteiger partial charge in [-0.05, 0) is 101 Å². The fourth-order valence-electron chi connectivity index (χ4n) is 5.27. The van der Waals surface area contributed by atoms with E-state index in [2.05, 4.69) is 36.7 Å². The number of fused-ring (bicyclic) bond motifs is 1. The number of nitrogens with one attached hydrogen (secondary N) is 2. The number of alkyl halides is 3. The first-order valence-corrected chi connectivity index (χ1v) is 13.1. The molecule has 2 aliphatic rings. The van der Waals surface area contributed by atoms with E-state index in [1.807, 2.05) is 26.0 Å². The Morgan fingerprint density at radius 1 is 1.05 bits per heavy atom. The minimum Gasteiger partial charge on any atom is -0.349 e. The Morgan fingerprint density at radius 2 is 1.79 bits per heavy atom. The number of pyridine rings is 1. The number of halogens is 3. The first-order valence-electron chi connectivity index (χ1n) is 13.1. The number of hydrogen-bond donors (Lipinski definition) is 2. The molecule has 8 nitrogen and oxygen atoms in total. The summed E-state index contributed by atoms with van der Waals surface area (Å²) in [6, 6.07) is 9.27. The van der Waals surface area contributed by atoms with Gasteiger partial charge in [-0.3, -0.25) is 9.78 Å². The van der Waals surface area contributed by atoms with Gasteiger partial charge in [-0.15, -0.1) is 5.10 Å². The third kappa shape index (κ3) is 5.82. The van der Waals surface area contributed by atoms with Crippen molar-refractivity contribution in [3.8, 4) is 5.69 Å². The average molecular weight is 528 g/mol. The Morgan fingerprint density at radius 3 is 2.50 bits per heavy atom. The van der Waals surface area contributed by atoms with E-state index in [0.29, 0.717) is 11.7 Å². The number of nitrogens with zero attached hydrogens (tertiary/aromatic N) is 5. The Hall–Kier alpha value is -3.47. The van der Waals surface area contributed by atoms with Gasteiger partial charge in [0.1, 0.15) is 5.69 Å². The molecule has 1 saturated heterocycles. The Kier molecular flexibility index (Phi) is 7.38. The van der Waals surface area contributed by atoms with Crippen LogP contribution in [0.4, 0.5) is 24.8 Å². The van der Waals surface area contributed by atoms with Crippen molar-refractivity contribution in [2.45, 2.75) is 70.6 Å². The van der Waals surface area contributed by atoms with Crippen molar-refractivity contribution in [2.24, 2.45) is 0 Å². The zero-order valence-corrected chi connectivity index (χ0v) is 21.6. The lowest BCUT2D eigenvalue weighted by atomic mass is 10.0. The number of anilines is 2. The molecule has 38 heavy (non-hydrogen) atoms. The van der Waals surface area contributed by atoms with Gasteiger partial charge in [0.25, 0.3) is 11.7 Å². The maximum absolute atomic E-state index is 13.6. The standard InChI is InChI=1S/C27H32F3N7O/c1-17(2)32-24(38)23-16-22(11-12-31-23)37-26(34-25(35-37)27(28,29)30)33-20-8-5-18-6-9-21(10-7-19(18)15-20)36-13-3-4-14-36/h5,8,11-12,15-17,21H,3-4,6-7,9-10,13-14H2,1-2H3,(H,32,38)(H,33,34,35). The predicted molar refractivity (Wildman–Crippen MR) is 138 cm³/mol.